The van der Waals surface area contributed by atoms with Crippen molar-refractivity contribution in [2.75, 3.05) is 19.6 Å². The number of nitrogens with two attached hydrogens (primary N) is 1. The molecule has 0 unspecified atom stereocenters. The summed E-state index contributed by atoms with van der Waals surface area (Å²) in [6.07, 6.45) is 1.78. The third-order valence-electron chi connectivity index (χ3n) is 4.68. The molecule has 2 aliphatic rings. The Morgan fingerprint density at radius 1 is 1.33 bits per heavy atom. The summed E-state index contributed by atoms with van der Waals surface area (Å²) in [6, 6.07) is -2.33. The zero-order valence-electron chi connectivity index (χ0n) is 15.9. The van der Waals surface area contributed by atoms with Gasteiger partial charge in [0, 0.05) is 13.0 Å². The largest absolute Gasteiger partial charge is 0.418 e. The van der Waals surface area contributed by atoms with Crippen LogP contribution in [0, 0.1) is 0 Å². The molecule has 2 bridgehead atoms. The Balaban J connectivity index is 1.50. The average molecular weight is 446 g/mol. The highest BCUT2D eigenvalue weighted by Gasteiger charge is 2.49. The van der Waals surface area contributed by atoms with Crippen LogP contribution < -0.4 is 11.1 Å². The summed E-state index contributed by atoms with van der Waals surface area (Å²) < 4.78 is 34.9. The molecule has 0 radical (unpaired) electrons. The molecule has 2 saturated heterocycles. The van der Waals surface area contributed by atoms with Crippen molar-refractivity contribution in [1.29, 1.82) is 0 Å². The second-order valence-electron chi connectivity index (χ2n) is 6.89. The molecule has 1 aromatic heterocycles. The molecule has 3 heterocycles. The molecule has 0 aliphatic carbocycles. The highest BCUT2D eigenvalue weighted by molar-refractivity contribution is 7.80. The van der Waals surface area contributed by atoms with Gasteiger partial charge < -0.3 is 16.0 Å². The molecule has 16 heteroatoms. The van der Waals surface area contributed by atoms with Gasteiger partial charge in [0.2, 0.25) is 5.91 Å². The SMILES string of the molecule is NCCCc1nnn(CC(=O)CNC(=O)[C@@H]2CC[C@@H]3CN2C(=O)N3OS(=O)(=O)O)n1. The third kappa shape index (κ3) is 5.26. The molecule has 0 spiro atoms. The van der Waals surface area contributed by atoms with Crippen LogP contribution in [0.25, 0.3) is 0 Å². The number of aromatic nitrogens is 4. The van der Waals surface area contributed by atoms with Crippen molar-refractivity contribution < 1.29 is 31.6 Å². The van der Waals surface area contributed by atoms with Gasteiger partial charge >= 0.3 is 16.4 Å². The monoisotopic (exact) mass is 446 g/mol. The number of Topliss-reactive ketones (excluding diaryl/α,β-unsaturated/α-hetero) is 1. The smallest absolute Gasteiger partial charge is 0.347 e. The minimum Gasteiger partial charge on any atom is -0.347 e. The molecule has 2 aliphatic heterocycles. The minimum absolute atomic E-state index is 0.0643. The quantitative estimate of drug-likeness (QED) is 0.314. The first-order valence-corrected chi connectivity index (χ1v) is 10.6. The van der Waals surface area contributed by atoms with Crippen molar-refractivity contribution in [3.8, 4) is 0 Å². The van der Waals surface area contributed by atoms with Gasteiger partial charge in [0.1, 0.15) is 12.6 Å². The van der Waals surface area contributed by atoms with Crippen LogP contribution in [0.3, 0.4) is 0 Å². The maximum absolute atomic E-state index is 12.5. The number of urea groups is 1. The van der Waals surface area contributed by atoms with Crippen LogP contribution in [0.15, 0.2) is 0 Å². The predicted octanol–water partition coefficient (Wildman–Crippen LogP) is -2.75. The van der Waals surface area contributed by atoms with Gasteiger partial charge in [-0.3, -0.25) is 14.1 Å². The molecule has 30 heavy (non-hydrogen) atoms. The van der Waals surface area contributed by atoms with E-state index in [1.54, 1.807) is 0 Å². The van der Waals surface area contributed by atoms with Gasteiger partial charge in [-0.2, -0.15) is 18.3 Å². The lowest BCUT2D eigenvalue weighted by Gasteiger charge is -2.29. The number of rotatable bonds is 10. The van der Waals surface area contributed by atoms with Crippen LogP contribution in [0.2, 0.25) is 0 Å². The maximum atomic E-state index is 12.5. The molecule has 2 fully saturated rings. The molecular formula is C14H22N8O7S. The molecule has 2 atom stereocenters. The van der Waals surface area contributed by atoms with Crippen LogP contribution in [0.1, 0.15) is 25.1 Å². The number of aryl methyl sites for hydroxylation is 1. The highest BCUT2D eigenvalue weighted by Crippen LogP contribution is 2.30. The number of hydrogen-bond donors (Lipinski definition) is 3. The third-order valence-corrected chi connectivity index (χ3v) is 5.03. The molecule has 0 saturated carbocycles. The Hall–Kier alpha value is -2.69. The number of fused-ring (bicyclic) bond motifs is 2. The molecule has 1 aromatic rings. The number of nitrogens with one attached hydrogen (secondary N) is 1. The summed E-state index contributed by atoms with van der Waals surface area (Å²) in [4.78, 5) is 39.1. The summed E-state index contributed by atoms with van der Waals surface area (Å²) in [5.74, 6) is -0.457. The fraction of sp³-hybridized carbons (Fsp3) is 0.714. The van der Waals surface area contributed by atoms with Gasteiger partial charge in [0.25, 0.3) is 0 Å². The average Bonchev–Trinajstić information content (AvgIpc) is 3.22. The Bertz CT molecular complexity index is 919. The molecule has 3 rings (SSSR count). The van der Waals surface area contributed by atoms with E-state index in [0.29, 0.717) is 30.3 Å². The summed E-state index contributed by atoms with van der Waals surface area (Å²) >= 11 is 0. The summed E-state index contributed by atoms with van der Waals surface area (Å²) in [5.41, 5.74) is 5.41. The van der Waals surface area contributed by atoms with E-state index >= 15 is 0 Å². The molecule has 15 nitrogen and oxygen atoms in total. The Morgan fingerprint density at radius 2 is 2.10 bits per heavy atom. The number of hydroxylamine groups is 2. The normalized spacial score (nSPS) is 21.2. The summed E-state index contributed by atoms with van der Waals surface area (Å²) in [7, 11) is -4.86. The zero-order chi connectivity index (χ0) is 21.9. The van der Waals surface area contributed by atoms with Gasteiger partial charge in [0.15, 0.2) is 11.6 Å². The lowest BCUT2D eigenvalue weighted by molar-refractivity contribution is -0.129. The molecule has 3 amide bonds. The number of carbonyl (C=O) groups excluding carboxylic acids is 3. The minimum atomic E-state index is -4.86. The van der Waals surface area contributed by atoms with Crippen molar-refractivity contribution in [3.63, 3.8) is 0 Å². The van der Waals surface area contributed by atoms with Crippen molar-refractivity contribution in [2.24, 2.45) is 5.73 Å². The Labute approximate surface area is 171 Å². The van der Waals surface area contributed by atoms with Crippen LogP contribution in [0.4, 0.5) is 4.79 Å². The molecular weight excluding hydrogens is 424 g/mol. The standard InChI is InChI=1S/C14H22N8O7S/c15-5-1-2-12-17-19-21(18-12)8-10(23)6-16-13(24)11-4-3-9-7-20(11)14(25)22(9)29-30(26,27)28/h9,11H,1-8,15H2,(H,16,24)(H,26,27,28)/t9-,11+/m1/s1. The van der Waals surface area contributed by atoms with Crippen molar-refractivity contribution >= 4 is 28.1 Å². The van der Waals surface area contributed by atoms with E-state index in [2.05, 4.69) is 25.0 Å². The number of tetrazole rings is 1. The second-order valence-corrected chi connectivity index (χ2v) is 7.90. The number of carbonyl (C=O) groups is 3. The van der Waals surface area contributed by atoms with Crippen LogP contribution in [0.5, 0.6) is 0 Å². The van der Waals surface area contributed by atoms with E-state index < -0.39 is 34.4 Å². The van der Waals surface area contributed by atoms with Gasteiger partial charge in [-0.05, 0) is 31.0 Å². The van der Waals surface area contributed by atoms with E-state index in [0.717, 1.165) is 9.70 Å². The van der Waals surface area contributed by atoms with Crippen LogP contribution in [-0.4, -0.2) is 92.6 Å². The van der Waals surface area contributed by atoms with E-state index in [1.165, 1.54) is 0 Å². The zero-order valence-corrected chi connectivity index (χ0v) is 16.7. The second kappa shape index (κ2) is 8.99. The van der Waals surface area contributed by atoms with E-state index in [9.17, 15) is 22.8 Å². The lowest BCUT2D eigenvalue weighted by atomic mass is 10.0. The summed E-state index contributed by atoms with van der Waals surface area (Å²) in [6.45, 7) is 0.0719. The first-order chi connectivity index (χ1) is 14.2. The number of ketones is 1. The Kier molecular flexibility index (Phi) is 6.59. The predicted molar refractivity (Wildman–Crippen MR) is 96.6 cm³/mol. The van der Waals surface area contributed by atoms with E-state index in [-0.39, 0.29) is 38.3 Å². The topological polar surface area (TPSA) is 203 Å². The number of nitrogens with zero attached hydrogens (tertiary/aromatic N) is 6. The van der Waals surface area contributed by atoms with Crippen molar-refractivity contribution in [1.82, 2.24) is 35.5 Å². The fourth-order valence-electron chi connectivity index (χ4n) is 3.32. The van der Waals surface area contributed by atoms with Gasteiger partial charge in [0.05, 0.1) is 12.6 Å². The van der Waals surface area contributed by atoms with Gasteiger partial charge in [-0.15, -0.1) is 14.5 Å². The number of hydrogen-bond acceptors (Lipinski definition) is 10. The molecule has 166 valence electrons. The first-order valence-electron chi connectivity index (χ1n) is 9.21. The Morgan fingerprint density at radius 3 is 2.80 bits per heavy atom. The lowest BCUT2D eigenvalue weighted by Crippen LogP contribution is -2.50. The van der Waals surface area contributed by atoms with E-state index in [4.69, 9.17) is 10.3 Å². The van der Waals surface area contributed by atoms with Crippen molar-refractivity contribution in [2.45, 2.75) is 44.3 Å². The van der Waals surface area contributed by atoms with Gasteiger partial charge in [-0.1, -0.05) is 0 Å². The first kappa shape index (κ1) is 22.0. The number of piperidine rings is 1. The summed E-state index contributed by atoms with van der Waals surface area (Å²) in [5, 5.41) is 14.6. The highest BCUT2D eigenvalue weighted by atomic mass is 32.3. The number of amides is 3. The van der Waals surface area contributed by atoms with Gasteiger partial charge in [-0.25, -0.2) is 4.79 Å². The van der Waals surface area contributed by atoms with Crippen LogP contribution >= 0.6 is 0 Å². The van der Waals surface area contributed by atoms with Crippen LogP contribution in [-0.2, 0) is 37.2 Å². The fourth-order valence-corrected chi connectivity index (χ4v) is 3.71. The van der Waals surface area contributed by atoms with E-state index in [1.807, 2.05) is 0 Å². The molecule has 0 aromatic carbocycles. The maximum Gasteiger partial charge on any atom is 0.418 e. The van der Waals surface area contributed by atoms with Crippen molar-refractivity contribution in [3.05, 3.63) is 5.82 Å². The molecule has 4 N–H and O–H groups in total.